The standard InChI is InChI=1S/C17H11N3O2/c18-9-12-15(14-6-3-7-21-14)11-8-10-4-1-2-5-13(10)22-17(11)20-16(12)19/h1-7H,8H2,(H2,19,20). The third-order valence-corrected chi connectivity index (χ3v) is 3.71. The zero-order valence-electron chi connectivity index (χ0n) is 11.5. The highest BCUT2D eigenvalue weighted by molar-refractivity contribution is 5.78. The highest BCUT2D eigenvalue weighted by Gasteiger charge is 2.27. The lowest BCUT2D eigenvalue weighted by atomic mass is 9.94. The summed E-state index contributed by atoms with van der Waals surface area (Å²) in [4.78, 5) is 4.25. The Morgan fingerprint density at radius 2 is 2.05 bits per heavy atom. The van der Waals surface area contributed by atoms with Gasteiger partial charge in [-0.1, -0.05) is 18.2 Å². The van der Waals surface area contributed by atoms with Crippen molar-refractivity contribution in [2.24, 2.45) is 0 Å². The maximum Gasteiger partial charge on any atom is 0.225 e. The van der Waals surface area contributed by atoms with Gasteiger partial charge in [0.05, 0.1) is 6.26 Å². The van der Waals surface area contributed by atoms with Crippen LogP contribution in [0, 0.1) is 11.3 Å². The van der Waals surface area contributed by atoms with E-state index in [2.05, 4.69) is 11.1 Å². The summed E-state index contributed by atoms with van der Waals surface area (Å²) in [5, 5.41) is 9.44. The lowest BCUT2D eigenvalue weighted by Crippen LogP contribution is -2.10. The van der Waals surface area contributed by atoms with E-state index < -0.39 is 0 Å². The van der Waals surface area contributed by atoms with Crippen LogP contribution < -0.4 is 10.5 Å². The number of fused-ring (bicyclic) bond motifs is 2. The van der Waals surface area contributed by atoms with Gasteiger partial charge in [0.25, 0.3) is 0 Å². The summed E-state index contributed by atoms with van der Waals surface area (Å²) < 4.78 is 11.3. The Hall–Kier alpha value is -3.26. The SMILES string of the molecule is N#Cc1c(N)nc2c(c1-c1ccco1)Cc1ccccc1O2. The number of rotatable bonds is 1. The predicted molar refractivity (Wildman–Crippen MR) is 80.4 cm³/mol. The van der Waals surface area contributed by atoms with Gasteiger partial charge in [0.15, 0.2) is 0 Å². The van der Waals surface area contributed by atoms with Crippen molar-refractivity contribution in [2.45, 2.75) is 6.42 Å². The summed E-state index contributed by atoms with van der Waals surface area (Å²) in [7, 11) is 0. The lowest BCUT2D eigenvalue weighted by Gasteiger charge is -2.22. The fraction of sp³-hybridized carbons (Fsp3) is 0.0588. The van der Waals surface area contributed by atoms with E-state index in [1.165, 1.54) is 0 Å². The number of benzene rings is 1. The van der Waals surface area contributed by atoms with Gasteiger partial charge in [0.2, 0.25) is 5.88 Å². The normalized spacial score (nSPS) is 12.0. The minimum absolute atomic E-state index is 0.145. The number of pyridine rings is 1. The number of nitrogen functional groups attached to an aromatic ring is 1. The molecule has 0 spiro atoms. The molecule has 2 aromatic heterocycles. The monoisotopic (exact) mass is 289 g/mol. The second kappa shape index (κ2) is 4.64. The number of anilines is 1. The molecular formula is C17H11N3O2. The number of aromatic nitrogens is 1. The first-order chi connectivity index (χ1) is 10.8. The van der Waals surface area contributed by atoms with Crippen LogP contribution in [-0.2, 0) is 6.42 Å². The first-order valence-electron chi connectivity index (χ1n) is 6.80. The number of hydrogen-bond acceptors (Lipinski definition) is 5. The van der Waals surface area contributed by atoms with Crippen molar-refractivity contribution in [3.63, 3.8) is 0 Å². The number of nitrogens with two attached hydrogens (primary N) is 1. The molecule has 3 heterocycles. The quantitative estimate of drug-likeness (QED) is 0.579. The van der Waals surface area contributed by atoms with Gasteiger partial charge >= 0.3 is 0 Å². The molecule has 1 aromatic carbocycles. The Labute approximate surface area is 126 Å². The molecule has 0 fully saturated rings. The third-order valence-electron chi connectivity index (χ3n) is 3.71. The first kappa shape index (κ1) is 12.5. The van der Waals surface area contributed by atoms with Crippen LogP contribution in [0.4, 0.5) is 5.82 Å². The number of ether oxygens (including phenoxy) is 1. The zero-order chi connectivity index (χ0) is 15.1. The highest BCUT2D eigenvalue weighted by Crippen LogP contribution is 2.42. The van der Waals surface area contributed by atoms with Crippen molar-refractivity contribution in [1.82, 2.24) is 4.98 Å². The van der Waals surface area contributed by atoms with Gasteiger partial charge in [-0.15, -0.1) is 0 Å². The molecule has 0 radical (unpaired) electrons. The lowest BCUT2D eigenvalue weighted by molar-refractivity contribution is 0.441. The van der Waals surface area contributed by atoms with Crippen molar-refractivity contribution in [3.05, 3.63) is 59.4 Å². The molecule has 5 heteroatoms. The van der Waals surface area contributed by atoms with Crippen LogP contribution in [0.1, 0.15) is 16.7 Å². The minimum Gasteiger partial charge on any atom is -0.464 e. The van der Waals surface area contributed by atoms with E-state index in [4.69, 9.17) is 14.9 Å². The second-order valence-electron chi connectivity index (χ2n) is 5.01. The third kappa shape index (κ3) is 1.75. The molecule has 0 atom stereocenters. The largest absolute Gasteiger partial charge is 0.464 e. The molecule has 0 saturated heterocycles. The molecule has 0 unspecified atom stereocenters. The smallest absolute Gasteiger partial charge is 0.225 e. The van der Waals surface area contributed by atoms with Crippen molar-refractivity contribution >= 4 is 5.82 Å². The Bertz CT molecular complexity index is 908. The van der Waals surface area contributed by atoms with Crippen LogP contribution in [0.15, 0.2) is 47.1 Å². The van der Waals surface area contributed by atoms with Crippen LogP contribution in [0.5, 0.6) is 11.6 Å². The van der Waals surface area contributed by atoms with Crippen LogP contribution in [0.2, 0.25) is 0 Å². The molecule has 5 nitrogen and oxygen atoms in total. The van der Waals surface area contributed by atoms with Crippen molar-refractivity contribution in [2.75, 3.05) is 5.73 Å². The summed E-state index contributed by atoms with van der Waals surface area (Å²) in [5.41, 5.74) is 8.76. The number of nitriles is 1. The summed E-state index contributed by atoms with van der Waals surface area (Å²) >= 11 is 0. The maximum atomic E-state index is 9.44. The number of para-hydroxylation sites is 1. The van der Waals surface area contributed by atoms with E-state index >= 15 is 0 Å². The molecule has 0 bridgehead atoms. The summed E-state index contributed by atoms with van der Waals surface area (Å²) in [5.74, 6) is 1.93. The van der Waals surface area contributed by atoms with E-state index in [-0.39, 0.29) is 5.82 Å². The van der Waals surface area contributed by atoms with Crippen molar-refractivity contribution < 1.29 is 9.15 Å². The number of hydrogen-bond donors (Lipinski definition) is 1. The van der Waals surface area contributed by atoms with Crippen LogP contribution in [-0.4, -0.2) is 4.98 Å². The van der Waals surface area contributed by atoms with Crippen molar-refractivity contribution in [1.29, 1.82) is 5.26 Å². The van der Waals surface area contributed by atoms with Gasteiger partial charge in [-0.05, 0) is 23.8 Å². The van der Waals surface area contributed by atoms with Crippen LogP contribution in [0.3, 0.4) is 0 Å². The molecule has 4 rings (SSSR count). The Kier molecular flexibility index (Phi) is 2.63. The summed E-state index contributed by atoms with van der Waals surface area (Å²) in [6, 6.07) is 13.4. The Morgan fingerprint density at radius 1 is 1.18 bits per heavy atom. The highest BCUT2D eigenvalue weighted by atomic mass is 16.5. The molecule has 106 valence electrons. The molecule has 0 amide bonds. The van der Waals surface area contributed by atoms with Gasteiger partial charge in [-0.25, -0.2) is 0 Å². The number of furan rings is 1. The van der Waals surface area contributed by atoms with Crippen molar-refractivity contribution in [3.8, 4) is 29.0 Å². The van der Waals surface area contributed by atoms with Gasteiger partial charge in [0, 0.05) is 17.5 Å². The minimum atomic E-state index is 0.145. The van der Waals surface area contributed by atoms with E-state index in [1.807, 2.05) is 24.3 Å². The van der Waals surface area contributed by atoms with Gasteiger partial charge in [-0.2, -0.15) is 10.2 Å². The van der Waals surface area contributed by atoms with Gasteiger partial charge < -0.3 is 14.9 Å². The van der Waals surface area contributed by atoms with E-state index in [0.29, 0.717) is 29.2 Å². The topological polar surface area (TPSA) is 85.1 Å². The average Bonchev–Trinajstić information content (AvgIpc) is 3.05. The fourth-order valence-electron chi connectivity index (χ4n) is 2.72. The molecule has 22 heavy (non-hydrogen) atoms. The van der Waals surface area contributed by atoms with Crippen LogP contribution in [0.25, 0.3) is 11.3 Å². The van der Waals surface area contributed by atoms with Gasteiger partial charge in [-0.3, -0.25) is 0 Å². The molecule has 1 aliphatic rings. The molecule has 0 saturated carbocycles. The van der Waals surface area contributed by atoms with Gasteiger partial charge in [0.1, 0.15) is 29.0 Å². The molecular weight excluding hydrogens is 278 g/mol. The number of nitrogens with zero attached hydrogens (tertiary/aromatic N) is 2. The maximum absolute atomic E-state index is 9.44. The Balaban J connectivity index is 2.00. The first-order valence-corrected chi connectivity index (χ1v) is 6.80. The van der Waals surface area contributed by atoms with E-state index in [9.17, 15) is 5.26 Å². The predicted octanol–water partition coefficient (Wildman–Crippen LogP) is 3.49. The average molecular weight is 289 g/mol. The second-order valence-corrected chi connectivity index (χ2v) is 5.01. The van der Waals surface area contributed by atoms with E-state index in [1.54, 1.807) is 18.4 Å². The molecule has 0 aliphatic carbocycles. The molecule has 2 N–H and O–H groups in total. The fourth-order valence-corrected chi connectivity index (χ4v) is 2.72. The molecule has 1 aliphatic heterocycles. The summed E-state index contributed by atoms with van der Waals surface area (Å²) in [6.07, 6.45) is 2.18. The Morgan fingerprint density at radius 3 is 2.82 bits per heavy atom. The summed E-state index contributed by atoms with van der Waals surface area (Å²) in [6.45, 7) is 0. The molecule has 3 aromatic rings. The zero-order valence-corrected chi connectivity index (χ0v) is 11.5. The van der Waals surface area contributed by atoms with E-state index in [0.717, 1.165) is 16.9 Å². The van der Waals surface area contributed by atoms with Crippen LogP contribution >= 0.6 is 0 Å².